The number of amides is 3. The standard InChI is InChI=1S/C23H26FN3O2/c1-15-4-2-5-16(12-15)22(28)25-19-13-20-6-3-7-21(14-19)27(20)23(29)26-18-10-8-17(24)9-11-18/h2,4-5,8-12,19-21H,3,6-7,13-14H2,1H3,(H,25,28)(H,26,29)/t20-,21-/m1/s1. The highest BCUT2D eigenvalue weighted by atomic mass is 19.1. The number of hydrogen-bond acceptors (Lipinski definition) is 2. The second kappa shape index (κ2) is 8.23. The van der Waals surface area contributed by atoms with Gasteiger partial charge < -0.3 is 15.5 Å². The fraction of sp³-hybridized carbons (Fsp3) is 0.391. The van der Waals surface area contributed by atoms with Gasteiger partial charge in [0.25, 0.3) is 5.91 Å². The van der Waals surface area contributed by atoms with E-state index in [1.54, 1.807) is 12.1 Å². The molecule has 2 aromatic rings. The van der Waals surface area contributed by atoms with Crippen molar-refractivity contribution in [1.29, 1.82) is 0 Å². The van der Waals surface area contributed by atoms with Crippen LogP contribution in [0.25, 0.3) is 0 Å². The molecule has 2 atom stereocenters. The summed E-state index contributed by atoms with van der Waals surface area (Å²) < 4.78 is 13.1. The molecule has 0 aromatic heterocycles. The summed E-state index contributed by atoms with van der Waals surface area (Å²) in [6.45, 7) is 1.97. The summed E-state index contributed by atoms with van der Waals surface area (Å²) in [5, 5.41) is 6.06. The minimum absolute atomic E-state index is 0.0546. The highest BCUT2D eigenvalue weighted by Crippen LogP contribution is 2.34. The molecule has 0 aliphatic carbocycles. The predicted molar refractivity (Wildman–Crippen MR) is 110 cm³/mol. The van der Waals surface area contributed by atoms with Gasteiger partial charge in [-0.05, 0) is 75.4 Å². The maximum Gasteiger partial charge on any atom is 0.322 e. The molecule has 2 saturated heterocycles. The first kappa shape index (κ1) is 19.4. The van der Waals surface area contributed by atoms with Crippen molar-refractivity contribution in [2.75, 3.05) is 5.32 Å². The summed E-state index contributed by atoms with van der Waals surface area (Å²) >= 11 is 0. The van der Waals surface area contributed by atoms with Crippen LogP contribution >= 0.6 is 0 Å². The van der Waals surface area contributed by atoms with Crippen LogP contribution in [-0.2, 0) is 0 Å². The number of fused-ring (bicyclic) bond motifs is 2. The van der Waals surface area contributed by atoms with Gasteiger partial charge in [-0.15, -0.1) is 0 Å². The van der Waals surface area contributed by atoms with Crippen molar-refractivity contribution in [3.05, 3.63) is 65.5 Å². The third-order valence-corrected chi connectivity index (χ3v) is 5.92. The van der Waals surface area contributed by atoms with E-state index in [1.165, 1.54) is 12.1 Å². The van der Waals surface area contributed by atoms with Gasteiger partial charge in [-0.1, -0.05) is 17.7 Å². The van der Waals surface area contributed by atoms with Gasteiger partial charge in [-0.2, -0.15) is 0 Å². The molecule has 152 valence electrons. The van der Waals surface area contributed by atoms with E-state index in [9.17, 15) is 14.0 Å². The Morgan fingerprint density at radius 3 is 2.38 bits per heavy atom. The van der Waals surface area contributed by atoms with Crippen LogP contribution in [0.3, 0.4) is 0 Å². The fourth-order valence-corrected chi connectivity index (χ4v) is 4.61. The third kappa shape index (κ3) is 4.42. The first-order chi connectivity index (χ1) is 14.0. The zero-order valence-electron chi connectivity index (χ0n) is 16.5. The number of benzene rings is 2. The van der Waals surface area contributed by atoms with Gasteiger partial charge in [0.15, 0.2) is 0 Å². The maximum atomic E-state index is 13.1. The Hall–Kier alpha value is -2.89. The molecule has 2 fully saturated rings. The van der Waals surface area contributed by atoms with Crippen LogP contribution in [0.15, 0.2) is 48.5 Å². The molecule has 3 amide bonds. The van der Waals surface area contributed by atoms with Crippen LogP contribution < -0.4 is 10.6 Å². The fourth-order valence-electron chi connectivity index (χ4n) is 4.61. The van der Waals surface area contributed by atoms with Crippen molar-refractivity contribution >= 4 is 17.6 Å². The van der Waals surface area contributed by atoms with E-state index in [4.69, 9.17) is 0 Å². The molecule has 2 aliphatic rings. The lowest BCUT2D eigenvalue weighted by Crippen LogP contribution is -2.59. The van der Waals surface area contributed by atoms with Gasteiger partial charge in [0.2, 0.25) is 0 Å². The van der Waals surface area contributed by atoms with Gasteiger partial charge in [0.1, 0.15) is 5.82 Å². The summed E-state index contributed by atoms with van der Waals surface area (Å²) in [4.78, 5) is 27.5. The molecule has 2 heterocycles. The zero-order chi connectivity index (χ0) is 20.4. The second-order valence-electron chi connectivity index (χ2n) is 8.09. The van der Waals surface area contributed by atoms with Crippen molar-refractivity contribution in [3.63, 3.8) is 0 Å². The smallest absolute Gasteiger partial charge is 0.322 e. The molecule has 2 N–H and O–H groups in total. The summed E-state index contributed by atoms with van der Waals surface area (Å²) in [6.07, 6.45) is 4.47. The largest absolute Gasteiger partial charge is 0.349 e. The third-order valence-electron chi connectivity index (χ3n) is 5.92. The second-order valence-corrected chi connectivity index (χ2v) is 8.09. The Labute approximate surface area is 170 Å². The molecule has 6 heteroatoms. The molecule has 0 radical (unpaired) electrons. The Morgan fingerprint density at radius 1 is 1.03 bits per heavy atom. The molecule has 2 aliphatic heterocycles. The summed E-state index contributed by atoms with van der Waals surface area (Å²) in [7, 11) is 0. The first-order valence-corrected chi connectivity index (χ1v) is 10.2. The van der Waals surface area contributed by atoms with E-state index in [-0.39, 0.29) is 35.9 Å². The average molecular weight is 395 g/mol. The molecule has 29 heavy (non-hydrogen) atoms. The number of halogens is 1. The van der Waals surface area contributed by atoms with Gasteiger partial charge in [-0.3, -0.25) is 4.79 Å². The molecule has 2 bridgehead atoms. The summed E-state index contributed by atoms with van der Waals surface area (Å²) in [6, 6.07) is 13.5. The van der Waals surface area contributed by atoms with E-state index < -0.39 is 0 Å². The number of anilines is 1. The van der Waals surface area contributed by atoms with E-state index in [1.807, 2.05) is 36.1 Å². The number of rotatable bonds is 3. The van der Waals surface area contributed by atoms with Crippen LogP contribution in [0.4, 0.5) is 14.9 Å². The topological polar surface area (TPSA) is 61.4 Å². The maximum absolute atomic E-state index is 13.1. The number of piperidine rings is 2. The number of carbonyl (C=O) groups is 2. The quantitative estimate of drug-likeness (QED) is 0.805. The van der Waals surface area contributed by atoms with Crippen LogP contribution in [0.5, 0.6) is 0 Å². The van der Waals surface area contributed by atoms with E-state index in [0.717, 1.165) is 37.7 Å². The lowest BCUT2D eigenvalue weighted by molar-refractivity contribution is 0.0577. The molecule has 0 unspecified atom stereocenters. The molecule has 0 spiro atoms. The molecule has 5 nitrogen and oxygen atoms in total. The summed E-state index contributed by atoms with van der Waals surface area (Å²) in [5.74, 6) is -0.383. The predicted octanol–water partition coefficient (Wildman–Crippen LogP) is 4.48. The highest BCUT2D eigenvalue weighted by Gasteiger charge is 2.41. The van der Waals surface area contributed by atoms with E-state index >= 15 is 0 Å². The molecule has 2 aromatic carbocycles. The van der Waals surface area contributed by atoms with Crippen LogP contribution in [0.1, 0.15) is 48.0 Å². The lowest BCUT2D eigenvalue weighted by atomic mass is 9.82. The molecular weight excluding hydrogens is 369 g/mol. The van der Waals surface area contributed by atoms with Crippen LogP contribution in [0, 0.1) is 12.7 Å². The van der Waals surface area contributed by atoms with Gasteiger partial charge in [0.05, 0.1) is 0 Å². The SMILES string of the molecule is Cc1cccc(C(=O)NC2C[C@H]3CCC[C@H](C2)N3C(=O)Nc2ccc(F)cc2)c1. The number of urea groups is 1. The lowest BCUT2D eigenvalue weighted by Gasteiger charge is -2.48. The number of carbonyl (C=O) groups excluding carboxylic acids is 2. The normalized spacial score (nSPS) is 23.4. The van der Waals surface area contributed by atoms with E-state index in [2.05, 4.69) is 10.6 Å². The Kier molecular flexibility index (Phi) is 5.51. The van der Waals surface area contributed by atoms with E-state index in [0.29, 0.717) is 11.3 Å². The highest BCUT2D eigenvalue weighted by molar-refractivity contribution is 5.94. The zero-order valence-corrected chi connectivity index (χ0v) is 16.5. The van der Waals surface area contributed by atoms with Gasteiger partial charge >= 0.3 is 6.03 Å². The van der Waals surface area contributed by atoms with Crippen molar-refractivity contribution in [2.24, 2.45) is 0 Å². The van der Waals surface area contributed by atoms with Crippen molar-refractivity contribution < 1.29 is 14.0 Å². The van der Waals surface area contributed by atoms with Crippen LogP contribution in [0.2, 0.25) is 0 Å². The Balaban J connectivity index is 1.41. The van der Waals surface area contributed by atoms with Crippen molar-refractivity contribution in [2.45, 2.75) is 57.2 Å². The minimum atomic E-state index is -0.329. The number of hydrogen-bond donors (Lipinski definition) is 2. The number of aryl methyl sites for hydroxylation is 1. The van der Waals surface area contributed by atoms with Crippen molar-refractivity contribution in [1.82, 2.24) is 10.2 Å². The number of nitrogens with one attached hydrogen (secondary N) is 2. The number of nitrogens with zero attached hydrogens (tertiary/aromatic N) is 1. The minimum Gasteiger partial charge on any atom is -0.349 e. The van der Waals surface area contributed by atoms with Gasteiger partial charge in [0, 0.05) is 29.4 Å². The Morgan fingerprint density at radius 2 is 1.72 bits per heavy atom. The summed E-state index contributed by atoms with van der Waals surface area (Å²) in [5.41, 5.74) is 2.32. The van der Waals surface area contributed by atoms with Gasteiger partial charge in [-0.25, -0.2) is 9.18 Å². The van der Waals surface area contributed by atoms with Crippen molar-refractivity contribution in [3.8, 4) is 0 Å². The monoisotopic (exact) mass is 395 g/mol. The Bertz CT molecular complexity index is 885. The molecule has 4 rings (SSSR count). The molecule has 0 saturated carbocycles. The molecular formula is C23H26FN3O2. The van der Waals surface area contributed by atoms with Crippen LogP contribution in [-0.4, -0.2) is 35.0 Å². The average Bonchev–Trinajstić information content (AvgIpc) is 2.69. The first-order valence-electron chi connectivity index (χ1n) is 10.2.